The Morgan fingerprint density at radius 3 is 2.54 bits per heavy atom. The smallest absolute Gasteiger partial charge is 0.358 e. The summed E-state index contributed by atoms with van der Waals surface area (Å²) in [4.78, 5) is 33.1. The minimum Gasteiger partial charge on any atom is -0.478 e. The maximum absolute atomic E-state index is 12.3. The first-order valence-corrected chi connectivity index (χ1v) is 8.29. The van der Waals surface area contributed by atoms with Crippen molar-refractivity contribution in [1.29, 1.82) is 0 Å². The second-order valence-corrected chi connectivity index (χ2v) is 6.34. The van der Waals surface area contributed by atoms with E-state index in [9.17, 15) is 23.2 Å². The highest BCUT2D eigenvalue weighted by Crippen LogP contribution is 2.15. The lowest BCUT2D eigenvalue weighted by Gasteiger charge is -2.08. The van der Waals surface area contributed by atoms with Gasteiger partial charge in [0.25, 0.3) is 15.6 Å². The lowest BCUT2D eigenvalue weighted by Crippen LogP contribution is -2.34. The molecule has 0 bridgehead atoms. The van der Waals surface area contributed by atoms with Crippen molar-refractivity contribution in [2.75, 3.05) is 7.11 Å². The molecule has 2 amide bonds. The maximum atomic E-state index is 12.3. The van der Waals surface area contributed by atoms with Crippen LogP contribution in [0, 0.1) is 6.92 Å². The molecule has 2 aromatic rings. The number of nitrogens with one attached hydrogen (secondary N) is 1. The Morgan fingerprint density at radius 1 is 1.27 bits per heavy atom. The molecule has 26 heavy (non-hydrogen) atoms. The topological polar surface area (TPSA) is 173 Å². The predicted molar refractivity (Wildman–Crippen MR) is 83.2 cm³/mol. The van der Waals surface area contributed by atoms with Crippen molar-refractivity contribution in [1.82, 2.24) is 19.4 Å². The molecule has 0 saturated carbocycles. The summed E-state index contributed by atoms with van der Waals surface area (Å²) < 4.78 is 31.1. The third kappa shape index (κ3) is 3.94. The Balaban J connectivity index is 2.42. The minimum atomic E-state index is -4.53. The predicted octanol–water partition coefficient (Wildman–Crippen LogP) is -0.470. The van der Waals surface area contributed by atoms with Crippen molar-refractivity contribution in [3.05, 3.63) is 41.3 Å². The van der Waals surface area contributed by atoms with Crippen molar-refractivity contribution < 1.29 is 33.1 Å². The summed E-state index contributed by atoms with van der Waals surface area (Å²) in [6, 6.07) is 2.97. The lowest BCUT2D eigenvalue weighted by atomic mass is 10.2. The highest BCUT2D eigenvalue weighted by molar-refractivity contribution is 7.90. The summed E-state index contributed by atoms with van der Waals surface area (Å²) in [7, 11) is -3.33. The molecule has 0 radical (unpaired) electrons. The molecule has 1 aromatic heterocycles. The Bertz CT molecular complexity index is 1050. The number of aromatic nitrogens is 3. The van der Waals surface area contributed by atoms with Gasteiger partial charge in [0.15, 0.2) is 0 Å². The first-order valence-electron chi connectivity index (χ1n) is 6.80. The van der Waals surface area contributed by atoms with Crippen LogP contribution in [0.3, 0.4) is 0 Å². The van der Waals surface area contributed by atoms with Gasteiger partial charge in [0.05, 0.1) is 12.7 Å². The van der Waals surface area contributed by atoms with E-state index in [0.29, 0.717) is 0 Å². The van der Waals surface area contributed by atoms with E-state index in [-0.39, 0.29) is 16.6 Å². The number of aryl methyl sites for hydroxylation is 1. The first kappa shape index (κ1) is 18.9. The molecule has 138 valence electrons. The summed E-state index contributed by atoms with van der Waals surface area (Å²) in [5.74, 6) is -1.39. The zero-order valence-corrected chi connectivity index (χ0v) is 14.3. The van der Waals surface area contributed by atoms with Gasteiger partial charge in [-0.3, -0.25) is 0 Å². The van der Waals surface area contributed by atoms with Crippen molar-refractivity contribution in [2.45, 2.75) is 11.8 Å². The number of carboxylic acid groups (broad SMARTS) is 1. The Labute approximate surface area is 146 Å². The minimum absolute atomic E-state index is 0.0952. The van der Waals surface area contributed by atoms with Crippen LogP contribution in [0.2, 0.25) is 0 Å². The molecule has 0 atom stereocenters. The van der Waals surface area contributed by atoms with Crippen molar-refractivity contribution in [3.63, 3.8) is 0 Å². The number of carbonyl (C=O) groups excluding carboxylic acids is 1. The van der Waals surface area contributed by atoms with Gasteiger partial charge < -0.3 is 15.1 Å². The number of rotatable bonds is 4. The highest BCUT2D eigenvalue weighted by Gasteiger charge is 2.24. The van der Waals surface area contributed by atoms with E-state index < -0.39 is 38.1 Å². The zero-order valence-electron chi connectivity index (χ0n) is 13.4. The molecule has 0 unspecified atom stereocenters. The first-order chi connectivity index (χ1) is 12.2. The van der Waals surface area contributed by atoms with Gasteiger partial charge in [-0.15, -0.1) is 0 Å². The molecule has 13 heteroatoms. The Kier molecular flexibility index (Phi) is 5.21. The number of carbonyl (C=O) groups is 2. The molecule has 1 heterocycles. The normalized spacial score (nSPS) is 11.8. The number of carboxylic acids is 1. The zero-order chi connectivity index (χ0) is 19.5. The van der Waals surface area contributed by atoms with E-state index in [0.717, 1.165) is 12.1 Å². The summed E-state index contributed by atoms with van der Waals surface area (Å²) in [5.41, 5.74) is -1.11. The number of benzene rings is 1. The molecular formula is C13H13N5O7S. The van der Waals surface area contributed by atoms with Crippen molar-refractivity contribution in [3.8, 4) is 6.01 Å². The van der Waals surface area contributed by atoms with Crippen LogP contribution in [0.25, 0.3) is 0 Å². The number of hydrogen-bond acceptors (Lipinski definition) is 8. The van der Waals surface area contributed by atoms with Gasteiger partial charge in [0, 0.05) is 0 Å². The Morgan fingerprint density at radius 2 is 1.92 bits per heavy atom. The number of sulfonamides is 1. The molecule has 1 aromatic carbocycles. The van der Waals surface area contributed by atoms with Gasteiger partial charge in [-0.05, 0) is 19.1 Å². The third-order valence-corrected chi connectivity index (χ3v) is 4.28. The summed E-state index contributed by atoms with van der Waals surface area (Å²) in [5, 5.41) is 18.8. The third-order valence-electron chi connectivity index (χ3n) is 2.90. The molecule has 3 N–H and O–H groups in total. The van der Waals surface area contributed by atoms with E-state index in [1.165, 1.54) is 26.2 Å². The van der Waals surface area contributed by atoms with E-state index in [1.54, 1.807) is 4.72 Å². The molecule has 0 aliphatic carbocycles. The van der Waals surface area contributed by atoms with E-state index in [2.05, 4.69) is 15.0 Å². The second kappa shape index (κ2) is 7.18. The lowest BCUT2D eigenvalue weighted by molar-refractivity contribution is 0.0692. The van der Waals surface area contributed by atoms with Gasteiger partial charge in [-0.25, -0.2) is 22.7 Å². The van der Waals surface area contributed by atoms with Gasteiger partial charge >= 0.3 is 18.0 Å². The monoisotopic (exact) mass is 383 g/mol. The second-order valence-electron chi connectivity index (χ2n) is 4.69. The number of amides is 2. The molecule has 0 aliphatic rings. The van der Waals surface area contributed by atoms with E-state index in [4.69, 9.17) is 9.84 Å². The SMILES string of the molecule is COc1nc(C)nc(=NC(=O)NS(=O)(=O)c2ccccc2C(=O)O)n1O. The number of urea groups is 1. The van der Waals surface area contributed by atoms with Crippen LogP contribution >= 0.6 is 0 Å². The molecule has 12 nitrogen and oxygen atoms in total. The summed E-state index contributed by atoms with van der Waals surface area (Å²) >= 11 is 0. The van der Waals surface area contributed by atoms with Gasteiger partial charge in [-0.1, -0.05) is 16.9 Å². The van der Waals surface area contributed by atoms with Crippen LogP contribution in [0.1, 0.15) is 16.2 Å². The number of methoxy groups -OCH3 is 1. The number of nitrogens with zero attached hydrogens (tertiary/aromatic N) is 4. The van der Waals surface area contributed by atoms with E-state index >= 15 is 0 Å². The van der Waals surface area contributed by atoms with Crippen molar-refractivity contribution in [2.24, 2.45) is 4.99 Å². The fourth-order valence-corrected chi connectivity index (χ4v) is 2.94. The standard InChI is InChI=1S/C13H13N5O7S/c1-7-14-11(18(22)13(15-7)25-2)16-12(21)17-26(23,24)9-6-4-3-5-8(9)10(19)20/h3-6,22H,1-2H3,(H,17,21)(H,19,20). The summed E-state index contributed by atoms with van der Waals surface area (Å²) in [6.07, 6.45) is 0. The fourth-order valence-electron chi connectivity index (χ4n) is 1.85. The number of hydrogen-bond donors (Lipinski definition) is 3. The van der Waals surface area contributed by atoms with Crippen LogP contribution in [0.4, 0.5) is 4.79 Å². The van der Waals surface area contributed by atoms with E-state index in [1.807, 2.05) is 0 Å². The molecule has 0 fully saturated rings. The fraction of sp³-hybridized carbons (Fsp3) is 0.154. The number of ether oxygens (including phenoxy) is 1. The van der Waals surface area contributed by atoms with Gasteiger partial charge in [0.1, 0.15) is 10.7 Å². The van der Waals surface area contributed by atoms with Crippen molar-refractivity contribution >= 4 is 22.0 Å². The van der Waals surface area contributed by atoms with Crippen LogP contribution in [0.5, 0.6) is 6.01 Å². The molecule has 0 spiro atoms. The quantitative estimate of drug-likeness (QED) is 0.590. The molecule has 0 saturated heterocycles. The maximum Gasteiger partial charge on any atom is 0.358 e. The Hall–Kier alpha value is -3.48. The number of aromatic carboxylic acids is 1. The van der Waals surface area contributed by atoms with Gasteiger partial charge in [0.2, 0.25) is 0 Å². The van der Waals surface area contributed by atoms with Crippen LogP contribution in [-0.4, -0.2) is 52.5 Å². The highest BCUT2D eigenvalue weighted by atomic mass is 32.2. The van der Waals surface area contributed by atoms with Crippen LogP contribution in [0.15, 0.2) is 34.2 Å². The average molecular weight is 383 g/mol. The van der Waals surface area contributed by atoms with Gasteiger partial charge in [-0.2, -0.15) is 15.0 Å². The van der Waals surface area contributed by atoms with Crippen LogP contribution in [-0.2, 0) is 10.0 Å². The molecule has 0 aliphatic heterocycles. The summed E-state index contributed by atoms with van der Waals surface area (Å²) in [6.45, 7) is 1.43. The largest absolute Gasteiger partial charge is 0.478 e. The van der Waals surface area contributed by atoms with Crippen LogP contribution < -0.4 is 15.1 Å². The average Bonchev–Trinajstić information content (AvgIpc) is 2.57. The molecule has 2 rings (SSSR count). The molecular weight excluding hydrogens is 370 g/mol.